The number of carboxylic acid groups (broad SMARTS) is 2. The summed E-state index contributed by atoms with van der Waals surface area (Å²) in [6.45, 7) is 2.22. The van der Waals surface area contributed by atoms with Gasteiger partial charge in [-0.25, -0.2) is 23.9 Å². The van der Waals surface area contributed by atoms with Crippen LogP contribution in [-0.4, -0.2) is 60.2 Å². The summed E-state index contributed by atoms with van der Waals surface area (Å²) >= 11 is 0. The Morgan fingerprint density at radius 3 is 2.53 bits per heavy atom. The first-order valence-electron chi connectivity index (χ1n) is 10.9. The Morgan fingerprint density at radius 1 is 1.11 bits per heavy atom. The fourth-order valence-corrected chi connectivity index (χ4v) is 3.41. The van der Waals surface area contributed by atoms with Crippen LogP contribution >= 0.6 is 0 Å². The maximum atomic E-state index is 13.5. The number of carbonyl (C=O) groups excluding carboxylic acids is 1. The van der Waals surface area contributed by atoms with Gasteiger partial charge in [0.1, 0.15) is 6.04 Å². The predicted octanol–water partition coefficient (Wildman–Crippen LogP) is 1.14. The Hall–Kier alpha value is -4.62. The smallest absolute Gasteiger partial charge is 0.338 e. The van der Waals surface area contributed by atoms with E-state index in [4.69, 9.17) is 16.6 Å². The second-order valence-electron chi connectivity index (χ2n) is 7.88. The summed E-state index contributed by atoms with van der Waals surface area (Å²) in [5, 5.41) is 23.3. The summed E-state index contributed by atoms with van der Waals surface area (Å²) in [6.07, 6.45) is -0.451. The van der Waals surface area contributed by atoms with Crippen LogP contribution in [0.2, 0.25) is 0 Å². The Kier molecular flexibility index (Phi) is 8.09. The molecule has 190 valence electrons. The first-order chi connectivity index (χ1) is 17.1. The van der Waals surface area contributed by atoms with Gasteiger partial charge in [-0.15, -0.1) is 0 Å². The number of fused-ring (bicyclic) bond motifs is 1. The Labute approximate surface area is 204 Å². The normalized spacial score (nSPS) is 12.6. The van der Waals surface area contributed by atoms with Crippen molar-refractivity contribution in [2.24, 2.45) is 0 Å². The number of nitrogen functional groups attached to an aromatic ring is 2. The predicted molar refractivity (Wildman–Crippen MR) is 128 cm³/mol. The molecule has 0 saturated carbocycles. The number of aliphatic carboxylic acids is 2. The largest absolute Gasteiger partial charge is 0.480 e. The van der Waals surface area contributed by atoms with Crippen LogP contribution in [0.15, 0.2) is 24.4 Å². The molecule has 13 nitrogen and oxygen atoms in total. The number of hydrogen-bond donors (Lipinski definition) is 6. The summed E-state index contributed by atoms with van der Waals surface area (Å²) < 4.78 is 13.5. The van der Waals surface area contributed by atoms with Crippen molar-refractivity contribution < 1.29 is 29.0 Å². The molecule has 2 heterocycles. The minimum atomic E-state index is -2.42. The van der Waals surface area contributed by atoms with Gasteiger partial charge in [-0.1, -0.05) is 13.3 Å². The summed E-state index contributed by atoms with van der Waals surface area (Å²) in [4.78, 5) is 51.2. The van der Waals surface area contributed by atoms with Crippen LogP contribution in [0.5, 0.6) is 0 Å². The van der Waals surface area contributed by atoms with E-state index in [2.05, 4.69) is 30.6 Å². The van der Waals surface area contributed by atoms with E-state index in [1.54, 1.807) is 12.1 Å². The van der Waals surface area contributed by atoms with E-state index in [1.807, 2.05) is 6.92 Å². The Morgan fingerprint density at radius 2 is 1.86 bits per heavy atom. The van der Waals surface area contributed by atoms with Crippen LogP contribution in [0.25, 0.3) is 11.2 Å². The zero-order valence-corrected chi connectivity index (χ0v) is 19.2. The lowest BCUT2D eigenvalue weighted by molar-refractivity contribution is -0.145. The van der Waals surface area contributed by atoms with E-state index in [1.165, 1.54) is 12.3 Å². The monoisotopic (exact) mass is 500 g/mol. The van der Waals surface area contributed by atoms with Gasteiger partial charge in [0.05, 0.1) is 18.4 Å². The molecule has 0 bridgehead atoms. The second-order valence-corrected chi connectivity index (χ2v) is 7.88. The molecule has 1 amide bonds. The molecule has 0 aliphatic heterocycles. The average Bonchev–Trinajstić information content (AvgIpc) is 2.82. The molecule has 0 saturated heterocycles. The van der Waals surface area contributed by atoms with Gasteiger partial charge >= 0.3 is 11.9 Å². The molecule has 3 aromatic rings. The van der Waals surface area contributed by atoms with E-state index in [-0.39, 0.29) is 29.5 Å². The molecule has 0 aliphatic carbocycles. The van der Waals surface area contributed by atoms with Crippen LogP contribution in [-0.2, 0) is 22.6 Å². The van der Waals surface area contributed by atoms with Crippen molar-refractivity contribution in [3.63, 3.8) is 0 Å². The molecule has 36 heavy (non-hydrogen) atoms. The van der Waals surface area contributed by atoms with Crippen molar-refractivity contribution >= 4 is 46.5 Å². The van der Waals surface area contributed by atoms with Crippen LogP contribution in [0.3, 0.4) is 0 Å². The van der Waals surface area contributed by atoms with Crippen molar-refractivity contribution in [1.29, 1.82) is 0 Å². The fourth-order valence-electron chi connectivity index (χ4n) is 3.41. The SMILES string of the molecule is CCCc1cc(C(=O)N[C@@H](C[C@H](F)C(=O)O)C(=O)O)ccc1NCc1cnc2nc(N)nc(N)c2n1. The van der Waals surface area contributed by atoms with Gasteiger partial charge in [-0.2, -0.15) is 9.97 Å². The maximum absolute atomic E-state index is 13.5. The number of carboxylic acids is 2. The third-order valence-electron chi connectivity index (χ3n) is 5.16. The van der Waals surface area contributed by atoms with Crippen LogP contribution < -0.4 is 22.1 Å². The number of carbonyl (C=O) groups is 3. The van der Waals surface area contributed by atoms with Crippen molar-refractivity contribution in [1.82, 2.24) is 25.3 Å². The molecule has 0 fully saturated rings. The second kappa shape index (κ2) is 11.2. The number of nitrogens with two attached hydrogens (primary N) is 2. The van der Waals surface area contributed by atoms with Gasteiger partial charge in [0, 0.05) is 17.7 Å². The molecule has 2 atom stereocenters. The highest BCUT2D eigenvalue weighted by Crippen LogP contribution is 2.21. The van der Waals surface area contributed by atoms with Crippen molar-refractivity contribution in [3.8, 4) is 0 Å². The van der Waals surface area contributed by atoms with E-state index < -0.39 is 36.5 Å². The quantitative estimate of drug-likeness (QED) is 0.218. The van der Waals surface area contributed by atoms with Crippen molar-refractivity contribution in [3.05, 3.63) is 41.2 Å². The summed E-state index contributed by atoms with van der Waals surface area (Å²) in [5.74, 6) is -4.00. The topological polar surface area (TPSA) is 219 Å². The molecule has 3 rings (SSSR count). The third kappa shape index (κ3) is 6.28. The molecule has 8 N–H and O–H groups in total. The highest BCUT2D eigenvalue weighted by Gasteiger charge is 2.28. The van der Waals surface area contributed by atoms with Crippen LogP contribution in [0, 0.1) is 0 Å². The zero-order valence-electron chi connectivity index (χ0n) is 19.2. The number of aromatic nitrogens is 4. The number of nitrogens with one attached hydrogen (secondary N) is 2. The number of halogens is 1. The molecule has 14 heteroatoms. The minimum Gasteiger partial charge on any atom is -0.480 e. The average molecular weight is 500 g/mol. The first kappa shape index (κ1) is 26.0. The maximum Gasteiger partial charge on any atom is 0.338 e. The lowest BCUT2D eigenvalue weighted by Crippen LogP contribution is -2.43. The Bertz CT molecular complexity index is 1300. The van der Waals surface area contributed by atoms with E-state index in [9.17, 15) is 23.9 Å². The molecular weight excluding hydrogens is 475 g/mol. The highest BCUT2D eigenvalue weighted by atomic mass is 19.1. The van der Waals surface area contributed by atoms with E-state index in [0.717, 1.165) is 12.0 Å². The molecule has 2 aromatic heterocycles. The fraction of sp³-hybridized carbons (Fsp3) is 0.318. The van der Waals surface area contributed by atoms with Crippen LogP contribution in [0.4, 0.5) is 21.8 Å². The third-order valence-corrected chi connectivity index (χ3v) is 5.16. The number of nitrogens with zero attached hydrogens (tertiary/aromatic N) is 4. The highest BCUT2D eigenvalue weighted by molar-refractivity contribution is 5.97. The molecule has 0 unspecified atom stereocenters. The van der Waals surface area contributed by atoms with Gasteiger partial charge in [0.15, 0.2) is 23.2 Å². The minimum absolute atomic E-state index is 0.00502. The number of aryl methyl sites for hydroxylation is 1. The molecule has 0 radical (unpaired) electrons. The molecular formula is C22H25FN8O5. The van der Waals surface area contributed by atoms with Crippen LogP contribution in [0.1, 0.15) is 41.4 Å². The van der Waals surface area contributed by atoms with Gasteiger partial charge in [-0.05, 0) is 30.2 Å². The zero-order chi connectivity index (χ0) is 26.4. The van der Waals surface area contributed by atoms with Gasteiger partial charge < -0.3 is 32.3 Å². The number of anilines is 3. The lowest BCUT2D eigenvalue weighted by atomic mass is 10.0. The standard InChI is InChI=1S/C22H25FN8O5/c1-2-3-10-6-11(19(32)29-15(21(35)36)7-13(23)20(33)34)4-5-14(10)26-8-12-9-27-18-16(28-12)17(24)30-22(25)31-18/h4-6,9,13,15,26H,2-3,7-8H2,1H3,(H,29,32)(H,33,34)(H,35,36)(H4,24,25,27,30,31)/t13-,15-/m0/s1. The number of benzene rings is 1. The summed E-state index contributed by atoms with van der Waals surface area (Å²) in [7, 11) is 0. The summed E-state index contributed by atoms with van der Waals surface area (Å²) in [6, 6.07) is 3.01. The Balaban J connectivity index is 1.76. The van der Waals surface area contributed by atoms with Crippen molar-refractivity contribution in [2.45, 2.75) is 44.9 Å². The van der Waals surface area contributed by atoms with E-state index >= 15 is 0 Å². The number of rotatable bonds is 11. The van der Waals surface area contributed by atoms with Gasteiger partial charge in [0.25, 0.3) is 5.91 Å². The number of amides is 1. The number of alkyl halides is 1. The lowest BCUT2D eigenvalue weighted by Gasteiger charge is -2.17. The first-order valence-corrected chi connectivity index (χ1v) is 10.9. The van der Waals surface area contributed by atoms with Gasteiger partial charge in [0.2, 0.25) is 5.95 Å². The van der Waals surface area contributed by atoms with Crippen molar-refractivity contribution in [2.75, 3.05) is 16.8 Å². The summed E-state index contributed by atoms with van der Waals surface area (Å²) in [5.41, 5.74) is 14.2. The number of hydrogen-bond acceptors (Lipinski definition) is 10. The van der Waals surface area contributed by atoms with E-state index in [0.29, 0.717) is 23.3 Å². The van der Waals surface area contributed by atoms with Gasteiger partial charge in [-0.3, -0.25) is 4.79 Å². The molecule has 0 aliphatic rings. The molecule has 1 aromatic carbocycles. The molecule has 0 spiro atoms.